The molecule has 3 heteroatoms. The van der Waals surface area contributed by atoms with Gasteiger partial charge < -0.3 is 15.4 Å². The van der Waals surface area contributed by atoms with Crippen LogP contribution in [0.2, 0.25) is 0 Å². The second-order valence-corrected chi connectivity index (χ2v) is 1.99. The van der Waals surface area contributed by atoms with E-state index in [2.05, 4.69) is 6.92 Å². The molecule has 0 saturated carbocycles. The zero-order valence-corrected chi connectivity index (χ0v) is 6.98. The van der Waals surface area contributed by atoms with Crippen LogP contribution in [0.1, 0.15) is 33.6 Å². The van der Waals surface area contributed by atoms with E-state index in [-0.39, 0.29) is 11.3 Å². The van der Waals surface area contributed by atoms with E-state index in [1.54, 1.807) is 0 Å². The molecule has 0 aliphatic rings. The maximum Gasteiger partial charge on any atom is 0.126 e. The Hall–Kier alpha value is -0.410. The number of aliphatic hydroxyl groups is 1. The zero-order chi connectivity index (χ0) is 7.70. The van der Waals surface area contributed by atoms with Crippen molar-refractivity contribution in [1.29, 1.82) is 0 Å². The minimum absolute atomic E-state index is 0. The third-order valence-electron chi connectivity index (χ3n) is 0.512. The van der Waals surface area contributed by atoms with Crippen LogP contribution in [-0.2, 0) is 4.79 Å². The highest BCUT2D eigenvalue weighted by Gasteiger charge is 1.69. The molecule has 0 heterocycles. The van der Waals surface area contributed by atoms with Crippen LogP contribution >= 0.6 is 0 Å². The number of aliphatic hydroxyl groups excluding tert-OH is 1. The lowest BCUT2D eigenvalue weighted by atomic mass is 10.4. The maximum absolute atomic E-state index is 9.44. The third-order valence-corrected chi connectivity index (χ3v) is 0.512. The van der Waals surface area contributed by atoms with Crippen LogP contribution < -0.4 is 0 Å². The highest BCUT2D eigenvalue weighted by atomic mass is 16.2. The molecule has 64 valence electrons. The van der Waals surface area contributed by atoms with Crippen LogP contribution in [0.4, 0.5) is 0 Å². The van der Waals surface area contributed by atoms with Crippen molar-refractivity contribution < 1.29 is 15.4 Å². The van der Waals surface area contributed by atoms with Gasteiger partial charge in [-0.15, -0.1) is 0 Å². The molecule has 0 aromatic carbocycles. The van der Waals surface area contributed by atoms with Crippen molar-refractivity contribution >= 4 is 5.78 Å². The van der Waals surface area contributed by atoms with Crippen LogP contribution in [0.15, 0.2) is 0 Å². The Bertz CT molecular complexity index is 55.9. The summed E-state index contributed by atoms with van der Waals surface area (Å²) in [6.07, 6.45) is 2.04. The van der Waals surface area contributed by atoms with Gasteiger partial charge in [-0.3, -0.25) is 0 Å². The number of unbranched alkanes of at least 4 members (excludes halogenated alkanes) is 1. The van der Waals surface area contributed by atoms with Gasteiger partial charge in [-0.2, -0.15) is 0 Å². The fraction of sp³-hybridized carbons (Fsp3) is 0.857. The Morgan fingerprint density at radius 3 is 1.70 bits per heavy atom. The van der Waals surface area contributed by atoms with E-state index in [1.807, 2.05) is 0 Å². The molecule has 3 nitrogen and oxygen atoms in total. The van der Waals surface area contributed by atoms with E-state index in [0.717, 1.165) is 12.8 Å². The number of hydrogen-bond acceptors (Lipinski definition) is 2. The van der Waals surface area contributed by atoms with E-state index in [9.17, 15) is 4.79 Å². The Balaban J connectivity index is -0.0000000910. The summed E-state index contributed by atoms with van der Waals surface area (Å²) in [6.45, 7) is 5.45. The average molecular weight is 150 g/mol. The summed E-state index contributed by atoms with van der Waals surface area (Å²) in [4.78, 5) is 9.44. The van der Waals surface area contributed by atoms with Gasteiger partial charge in [-0.1, -0.05) is 13.3 Å². The number of rotatable bonds is 2. The Morgan fingerprint density at radius 1 is 1.40 bits per heavy atom. The maximum atomic E-state index is 9.44. The van der Waals surface area contributed by atoms with Gasteiger partial charge in [0.05, 0.1) is 0 Å². The van der Waals surface area contributed by atoms with Crippen molar-refractivity contribution in [2.45, 2.75) is 33.6 Å². The predicted molar refractivity (Wildman–Crippen MR) is 42.0 cm³/mol. The number of Topliss-reactive ketones (excluding diaryl/α,β-unsaturated/α-hetero) is 1. The average Bonchev–Trinajstić information content (AvgIpc) is 1.66. The second kappa shape index (κ2) is 15.8. The monoisotopic (exact) mass is 150 g/mol. The number of ketones is 1. The van der Waals surface area contributed by atoms with Gasteiger partial charge in [0.15, 0.2) is 0 Å². The molecule has 0 unspecified atom stereocenters. The molecule has 0 bridgehead atoms. The van der Waals surface area contributed by atoms with Crippen molar-refractivity contribution in [3.8, 4) is 0 Å². The molecule has 0 radical (unpaired) electrons. The topological polar surface area (TPSA) is 68.8 Å². The largest absolute Gasteiger partial charge is 0.412 e. The van der Waals surface area contributed by atoms with Gasteiger partial charge >= 0.3 is 0 Å². The SMILES string of the molecule is CC(C)=O.CCCCO.O. The predicted octanol–water partition coefficient (Wildman–Crippen LogP) is 0.549. The minimum Gasteiger partial charge on any atom is -0.412 e. The Labute approximate surface area is 62.4 Å². The summed E-state index contributed by atoms with van der Waals surface area (Å²) in [5.74, 6) is 0.167. The van der Waals surface area contributed by atoms with Gasteiger partial charge in [0.2, 0.25) is 0 Å². The molecule has 3 N–H and O–H groups in total. The summed E-state index contributed by atoms with van der Waals surface area (Å²) in [5, 5.41) is 8.07. The molecule has 0 saturated heterocycles. The van der Waals surface area contributed by atoms with Crippen LogP contribution in [-0.4, -0.2) is 23.0 Å². The molecule has 0 spiro atoms. The molecule has 0 rings (SSSR count). The first kappa shape index (κ1) is 16.3. The minimum atomic E-state index is 0. The molecular weight excluding hydrogens is 132 g/mol. The molecule has 0 aromatic rings. The third kappa shape index (κ3) is 130. The number of carbonyl (C=O) groups is 1. The number of carbonyl (C=O) groups excluding carboxylic acids is 1. The van der Waals surface area contributed by atoms with Gasteiger partial charge in [0.1, 0.15) is 5.78 Å². The summed E-state index contributed by atoms with van der Waals surface area (Å²) >= 11 is 0. The second-order valence-electron chi connectivity index (χ2n) is 1.99. The van der Waals surface area contributed by atoms with Crippen LogP contribution in [0, 0.1) is 0 Å². The lowest BCUT2D eigenvalue weighted by molar-refractivity contribution is -0.114. The van der Waals surface area contributed by atoms with Crippen molar-refractivity contribution in [3.63, 3.8) is 0 Å². The fourth-order valence-corrected chi connectivity index (χ4v) is 0.158. The Morgan fingerprint density at radius 2 is 1.70 bits per heavy atom. The van der Waals surface area contributed by atoms with Crippen molar-refractivity contribution in [2.75, 3.05) is 6.61 Å². The molecule has 0 amide bonds. The number of hydrogen-bond donors (Lipinski definition) is 1. The highest BCUT2D eigenvalue weighted by molar-refractivity contribution is 5.72. The molecular formula is C7H18O3. The molecule has 0 aliphatic carbocycles. The van der Waals surface area contributed by atoms with Gasteiger partial charge in [0, 0.05) is 6.61 Å². The normalized spacial score (nSPS) is 6.80. The molecule has 0 aromatic heterocycles. The molecule has 0 atom stereocenters. The van der Waals surface area contributed by atoms with Gasteiger partial charge in [0.25, 0.3) is 0 Å². The first-order chi connectivity index (χ1) is 4.15. The first-order valence-corrected chi connectivity index (χ1v) is 3.23. The van der Waals surface area contributed by atoms with Gasteiger partial charge in [-0.05, 0) is 20.3 Å². The van der Waals surface area contributed by atoms with E-state index in [0.29, 0.717) is 6.61 Å². The first-order valence-electron chi connectivity index (χ1n) is 3.23. The van der Waals surface area contributed by atoms with Crippen LogP contribution in [0.3, 0.4) is 0 Å². The highest BCUT2D eigenvalue weighted by Crippen LogP contribution is 1.78. The van der Waals surface area contributed by atoms with Crippen LogP contribution in [0.5, 0.6) is 0 Å². The lowest BCUT2D eigenvalue weighted by Gasteiger charge is -1.79. The van der Waals surface area contributed by atoms with Crippen LogP contribution in [0.25, 0.3) is 0 Å². The quantitative estimate of drug-likeness (QED) is 0.624. The summed E-state index contributed by atoms with van der Waals surface area (Å²) in [5.41, 5.74) is 0. The van der Waals surface area contributed by atoms with Gasteiger partial charge in [-0.25, -0.2) is 0 Å². The smallest absolute Gasteiger partial charge is 0.126 e. The van der Waals surface area contributed by atoms with Crippen molar-refractivity contribution in [2.24, 2.45) is 0 Å². The van der Waals surface area contributed by atoms with E-state index in [1.165, 1.54) is 13.8 Å². The summed E-state index contributed by atoms with van der Waals surface area (Å²) < 4.78 is 0. The van der Waals surface area contributed by atoms with Crippen molar-refractivity contribution in [1.82, 2.24) is 0 Å². The standard InChI is InChI=1S/C4H10O.C3H6O.H2O/c1-2-3-4-5;1-3(2)4;/h5H,2-4H2,1H3;1-2H3;1H2. The molecule has 10 heavy (non-hydrogen) atoms. The fourth-order valence-electron chi connectivity index (χ4n) is 0.158. The molecule has 0 fully saturated rings. The van der Waals surface area contributed by atoms with Crippen molar-refractivity contribution in [3.05, 3.63) is 0 Å². The van der Waals surface area contributed by atoms with E-state index in [4.69, 9.17) is 5.11 Å². The molecule has 0 aliphatic heterocycles. The lowest BCUT2D eigenvalue weighted by Crippen LogP contribution is -1.75. The zero-order valence-electron chi connectivity index (χ0n) is 6.98. The Kier molecular flexibility index (Phi) is 25.8. The van der Waals surface area contributed by atoms with E-state index >= 15 is 0 Å². The van der Waals surface area contributed by atoms with E-state index < -0.39 is 0 Å². The summed E-state index contributed by atoms with van der Waals surface area (Å²) in [6, 6.07) is 0. The summed E-state index contributed by atoms with van der Waals surface area (Å²) in [7, 11) is 0.